The quantitative estimate of drug-likeness (QED) is 0.376. The molecule has 168 valence electrons. The minimum absolute atomic E-state index is 0.185. The van der Waals surface area contributed by atoms with E-state index in [2.05, 4.69) is 5.32 Å². The minimum atomic E-state index is -0.425. The average Bonchev–Trinajstić information content (AvgIpc) is 3.07. The van der Waals surface area contributed by atoms with E-state index in [4.69, 9.17) is 21.1 Å². The summed E-state index contributed by atoms with van der Waals surface area (Å²) in [7, 11) is 1.60. The fourth-order valence-electron chi connectivity index (χ4n) is 3.49. The largest absolute Gasteiger partial charge is 0.497 e. The third kappa shape index (κ3) is 4.83. The van der Waals surface area contributed by atoms with Gasteiger partial charge < -0.3 is 14.8 Å². The number of nitrogens with zero attached hydrogens (tertiary/aromatic N) is 1. The van der Waals surface area contributed by atoms with Crippen LogP contribution in [0.1, 0.15) is 33.6 Å². The molecule has 8 heteroatoms. The number of anilines is 2. The summed E-state index contributed by atoms with van der Waals surface area (Å²) in [5.74, 6) is 0.399. The van der Waals surface area contributed by atoms with Crippen LogP contribution in [0.15, 0.2) is 66.7 Å². The summed E-state index contributed by atoms with van der Waals surface area (Å²) in [6.45, 7) is 0.388. The summed E-state index contributed by atoms with van der Waals surface area (Å²) in [4.78, 5) is 38.6. The number of ether oxygens (including phenoxy) is 2. The summed E-state index contributed by atoms with van der Waals surface area (Å²) in [5.41, 5.74) is 1.43. The number of hydrogen-bond acceptors (Lipinski definition) is 5. The Bertz CT molecular complexity index is 1170. The van der Waals surface area contributed by atoms with Gasteiger partial charge in [-0.1, -0.05) is 23.7 Å². The van der Waals surface area contributed by atoms with Crippen LogP contribution in [0.5, 0.6) is 11.5 Å². The van der Waals surface area contributed by atoms with E-state index in [0.717, 1.165) is 10.6 Å². The first-order valence-corrected chi connectivity index (χ1v) is 10.7. The summed E-state index contributed by atoms with van der Waals surface area (Å²) < 4.78 is 10.7. The topological polar surface area (TPSA) is 84.9 Å². The SMILES string of the molecule is COc1ccc(OCCCC(=O)Nc2ccc(N3C(=O)c4ccccc4C3=O)c(Cl)c2)cc1. The van der Waals surface area contributed by atoms with Crippen molar-refractivity contribution >= 4 is 40.7 Å². The third-order valence-corrected chi connectivity index (χ3v) is 5.45. The van der Waals surface area contributed by atoms with E-state index < -0.39 is 11.8 Å². The average molecular weight is 465 g/mol. The van der Waals surface area contributed by atoms with E-state index in [-0.39, 0.29) is 23.0 Å². The van der Waals surface area contributed by atoms with Crippen LogP contribution in [-0.2, 0) is 4.79 Å². The third-order valence-electron chi connectivity index (χ3n) is 5.14. The van der Waals surface area contributed by atoms with Crippen molar-refractivity contribution in [1.82, 2.24) is 0 Å². The predicted molar refractivity (Wildman–Crippen MR) is 125 cm³/mol. The maximum Gasteiger partial charge on any atom is 0.266 e. The second kappa shape index (κ2) is 9.75. The zero-order valence-corrected chi connectivity index (χ0v) is 18.6. The van der Waals surface area contributed by atoms with Crippen LogP contribution < -0.4 is 19.7 Å². The molecule has 0 saturated carbocycles. The summed E-state index contributed by atoms with van der Waals surface area (Å²) in [6, 6.07) is 18.5. The lowest BCUT2D eigenvalue weighted by atomic mass is 10.1. The Morgan fingerprint density at radius 1 is 0.939 bits per heavy atom. The molecule has 0 bridgehead atoms. The molecule has 0 radical (unpaired) electrons. The van der Waals surface area contributed by atoms with E-state index in [9.17, 15) is 14.4 Å². The van der Waals surface area contributed by atoms with Crippen molar-refractivity contribution in [2.45, 2.75) is 12.8 Å². The van der Waals surface area contributed by atoms with E-state index in [1.54, 1.807) is 67.8 Å². The zero-order valence-electron chi connectivity index (χ0n) is 17.8. The van der Waals surface area contributed by atoms with Gasteiger partial charge >= 0.3 is 0 Å². The fraction of sp³-hybridized carbons (Fsp3) is 0.160. The van der Waals surface area contributed by atoms with E-state index >= 15 is 0 Å². The van der Waals surface area contributed by atoms with Crippen LogP contribution in [0.2, 0.25) is 5.02 Å². The van der Waals surface area contributed by atoms with Crippen LogP contribution in [-0.4, -0.2) is 31.4 Å². The van der Waals surface area contributed by atoms with Gasteiger partial charge in [0, 0.05) is 12.1 Å². The van der Waals surface area contributed by atoms with Crippen molar-refractivity contribution in [2.75, 3.05) is 23.9 Å². The van der Waals surface area contributed by atoms with Crippen molar-refractivity contribution < 1.29 is 23.9 Å². The highest BCUT2D eigenvalue weighted by Gasteiger charge is 2.37. The number of benzene rings is 3. The van der Waals surface area contributed by atoms with Gasteiger partial charge in [-0.2, -0.15) is 0 Å². The molecule has 1 aliphatic rings. The molecule has 4 rings (SSSR count). The molecule has 0 aliphatic carbocycles. The number of hydrogen-bond donors (Lipinski definition) is 1. The van der Waals surface area contributed by atoms with Gasteiger partial charge in [-0.15, -0.1) is 0 Å². The van der Waals surface area contributed by atoms with Gasteiger partial charge in [-0.05, 0) is 61.0 Å². The van der Waals surface area contributed by atoms with Crippen LogP contribution in [0.4, 0.5) is 11.4 Å². The Balaban J connectivity index is 1.31. The smallest absolute Gasteiger partial charge is 0.266 e. The number of amides is 3. The monoisotopic (exact) mass is 464 g/mol. The lowest BCUT2D eigenvalue weighted by Crippen LogP contribution is -2.29. The summed E-state index contributed by atoms with van der Waals surface area (Å²) in [6.07, 6.45) is 0.784. The zero-order chi connectivity index (χ0) is 23.4. The van der Waals surface area contributed by atoms with Crippen LogP contribution in [0.3, 0.4) is 0 Å². The maximum atomic E-state index is 12.7. The van der Waals surface area contributed by atoms with Crippen molar-refractivity contribution in [2.24, 2.45) is 0 Å². The number of methoxy groups -OCH3 is 1. The molecule has 7 nitrogen and oxygen atoms in total. The number of carbonyl (C=O) groups excluding carboxylic acids is 3. The Hall–Kier alpha value is -3.84. The van der Waals surface area contributed by atoms with Crippen LogP contribution >= 0.6 is 11.6 Å². The van der Waals surface area contributed by atoms with E-state index in [1.165, 1.54) is 6.07 Å². The molecule has 3 aromatic carbocycles. The summed E-state index contributed by atoms with van der Waals surface area (Å²) >= 11 is 6.36. The number of imide groups is 1. The highest BCUT2D eigenvalue weighted by atomic mass is 35.5. The second-order valence-corrected chi connectivity index (χ2v) is 7.74. The molecule has 3 amide bonds. The number of nitrogens with one attached hydrogen (secondary N) is 1. The van der Waals surface area contributed by atoms with Crippen molar-refractivity contribution in [1.29, 1.82) is 0 Å². The lowest BCUT2D eigenvalue weighted by molar-refractivity contribution is -0.116. The Morgan fingerprint density at radius 3 is 2.18 bits per heavy atom. The van der Waals surface area contributed by atoms with Gasteiger partial charge in [0.15, 0.2) is 0 Å². The van der Waals surface area contributed by atoms with Crippen molar-refractivity contribution in [3.05, 3.63) is 82.9 Å². The molecule has 1 heterocycles. The van der Waals surface area contributed by atoms with Gasteiger partial charge in [0.2, 0.25) is 5.91 Å². The molecule has 0 atom stereocenters. The normalized spacial score (nSPS) is 12.5. The first kappa shape index (κ1) is 22.4. The van der Waals surface area contributed by atoms with Gasteiger partial charge in [0.1, 0.15) is 11.5 Å². The standard InChI is InChI=1S/C25H21ClN2O5/c1-32-17-9-11-18(12-10-17)33-14-4-7-23(29)27-16-8-13-22(21(26)15-16)28-24(30)19-5-2-3-6-20(19)25(28)31/h2-3,5-6,8-13,15H,4,7,14H2,1H3,(H,27,29). The van der Waals surface area contributed by atoms with Gasteiger partial charge in [-0.3, -0.25) is 14.4 Å². The van der Waals surface area contributed by atoms with Crippen molar-refractivity contribution in [3.8, 4) is 11.5 Å². The Kier molecular flexibility index (Phi) is 6.60. The Labute approximate surface area is 195 Å². The summed E-state index contributed by atoms with van der Waals surface area (Å²) in [5, 5.41) is 2.96. The highest BCUT2D eigenvalue weighted by Crippen LogP contribution is 2.34. The molecular formula is C25H21ClN2O5. The molecule has 33 heavy (non-hydrogen) atoms. The number of fused-ring (bicyclic) bond motifs is 1. The number of carbonyl (C=O) groups is 3. The molecule has 0 saturated heterocycles. The maximum absolute atomic E-state index is 12.7. The van der Waals surface area contributed by atoms with E-state index in [1.807, 2.05) is 0 Å². The molecule has 0 aromatic heterocycles. The van der Waals surface area contributed by atoms with E-state index in [0.29, 0.717) is 35.6 Å². The number of halogens is 1. The molecule has 0 unspecified atom stereocenters. The molecule has 0 spiro atoms. The lowest BCUT2D eigenvalue weighted by Gasteiger charge is -2.16. The van der Waals surface area contributed by atoms with Gasteiger partial charge in [-0.25, -0.2) is 4.90 Å². The first-order chi connectivity index (χ1) is 16.0. The second-order valence-electron chi connectivity index (χ2n) is 7.33. The first-order valence-electron chi connectivity index (χ1n) is 10.3. The van der Waals surface area contributed by atoms with Crippen LogP contribution in [0, 0.1) is 0 Å². The fourth-order valence-corrected chi connectivity index (χ4v) is 3.76. The molecular weight excluding hydrogens is 444 g/mol. The number of rotatable bonds is 8. The predicted octanol–water partition coefficient (Wildman–Crippen LogP) is 4.95. The molecule has 3 aromatic rings. The molecule has 1 N–H and O–H groups in total. The molecule has 1 aliphatic heterocycles. The van der Waals surface area contributed by atoms with Gasteiger partial charge in [0.25, 0.3) is 11.8 Å². The Morgan fingerprint density at radius 2 is 1.58 bits per heavy atom. The highest BCUT2D eigenvalue weighted by molar-refractivity contribution is 6.40. The van der Waals surface area contributed by atoms with Crippen molar-refractivity contribution in [3.63, 3.8) is 0 Å². The van der Waals surface area contributed by atoms with Gasteiger partial charge in [0.05, 0.1) is 35.6 Å². The van der Waals surface area contributed by atoms with Crippen LogP contribution in [0.25, 0.3) is 0 Å². The molecule has 0 fully saturated rings. The minimum Gasteiger partial charge on any atom is -0.497 e.